The molecule has 1 aromatic carbocycles. The maximum Gasteiger partial charge on any atom is 0.241 e. The van der Waals surface area contributed by atoms with Gasteiger partial charge in [0.05, 0.1) is 13.5 Å². The van der Waals surface area contributed by atoms with Crippen LogP contribution in [0.15, 0.2) is 24.3 Å². The van der Waals surface area contributed by atoms with E-state index in [4.69, 9.17) is 10.5 Å². The molecule has 21 heavy (non-hydrogen) atoms. The van der Waals surface area contributed by atoms with E-state index in [2.05, 4.69) is 0 Å². The smallest absolute Gasteiger partial charge is 0.241 e. The quantitative estimate of drug-likeness (QED) is 0.838. The Labute approximate surface area is 124 Å². The highest BCUT2D eigenvalue weighted by atomic mass is 16.5. The zero-order valence-corrected chi connectivity index (χ0v) is 12.4. The molecule has 0 saturated carbocycles. The molecule has 0 bridgehead atoms. The summed E-state index contributed by atoms with van der Waals surface area (Å²) >= 11 is 0. The van der Waals surface area contributed by atoms with Crippen molar-refractivity contribution in [1.29, 1.82) is 0 Å². The predicted molar refractivity (Wildman–Crippen MR) is 78.9 cm³/mol. The number of para-hydroxylation sites is 1. The van der Waals surface area contributed by atoms with Gasteiger partial charge in [-0.05, 0) is 13.1 Å². The van der Waals surface area contributed by atoms with Crippen LogP contribution in [0.25, 0.3) is 0 Å². The Kier molecular flexibility index (Phi) is 4.80. The molecular weight excluding hydrogens is 270 g/mol. The number of piperazine rings is 1. The zero-order chi connectivity index (χ0) is 15.4. The van der Waals surface area contributed by atoms with Crippen molar-refractivity contribution in [2.75, 3.05) is 33.8 Å². The average molecular weight is 291 g/mol. The number of hydrogen-bond acceptors (Lipinski definition) is 4. The minimum absolute atomic E-state index is 0.101. The van der Waals surface area contributed by atoms with Gasteiger partial charge >= 0.3 is 0 Å². The van der Waals surface area contributed by atoms with E-state index in [0.29, 0.717) is 18.8 Å². The molecule has 1 unspecified atom stereocenters. The number of nitrogens with zero attached hydrogens (tertiary/aromatic N) is 2. The molecule has 0 spiro atoms. The van der Waals surface area contributed by atoms with Crippen LogP contribution in [0.2, 0.25) is 0 Å². The first kappa shape index (κ1) is 15.3. The Morgan fingerprint density at radius 2 is 2.05 bits per heavy atom. The highest BCUT2D eigenvalue weighted by Crippen LogP contribution is 2.19. The fourth-order valence-corrected chi connectivity index (χ4v) is 2.57. The summed E-state index contributed by atoms with van der Waals surface area (Å²) in [7, 11) is 3.49. The third kappa shape index (κ3) is 3.52. The molecule has 1 heterocycles. The molecule has 1 atom stereocenters. The first-order chi connectivity index (χ1) is 10.0. The van der Waals surface area contributed by atoms with E-state index in [1.165, 1.54) is 0 Å². The monoisotopic (exact) mass is 291 g/mol. The molecule has 2 rings (SSSR count). The molecule has 1 aromatic rings. The molecular formula is C15H21N3O3. The molecule has 1 aliphatic rings. The summed E-state index contributed by atoms with van der Waals surface area (Å²) in [4.78, 5) is 27.6. The summed E-state index contributed by atoms with van der Waals surface area (Å²) in [6, 6.07) is 6.82. The first-order valence-electron chi connectivity index (χ1n) is 6.92. The molecule has 1 fully saturated rings. The number of carbonyl (C=O) groups is 2. The largest absolute Gasteiger partial charge is 0.496 e. The van der Waals surface area contributed by atoms with Gasteiger partial charge in [-0.25, -0.2) is 0 Å². The van der Waals surface area contributed by atoms with Gasteiger partial charge in [0, 0.05) is 25.2 Å². The maximum atomic E-state index is 12.5. The van der Waals surface area contributed by atoms with Crippen molar-refractivity contribution >= 4 is 11.8 Å². The molecule has 114 valence electrons. The fourth-order valence-electron chi connectivity index (χ4n) is 2.57. The van der Waals surface area contributed by atoms with Crippen LogP contribution in [-0.2, 0) is 16.0 Å². The van der Waals surface area contributed by atoms with Crippen LogP contribution >= 0.6 is 0 Å². The van der Waals surface area contributed by atoms with E-state index in [-0.39, 0.29) is 12.3 Å². The second-order valence-electron chi connectivity index (χ2n) is 5.26. The number of benzene rings is 1. The van der Waals surface area contributed by atoms with Crippen LogP contribution in [0.4, 0.5) is 0 Å². The van der Waals surface area contributed by atoms with Crippen molar-refractivity contribution in [2.24, 2.45) is 5.73 Å². The number of amides is 2. The number of primary amides is 1. The molecule has 6 heteroatoms. The zero-order valence-electron chi connectivity index (χ0n) is 12.4. The number of likely N-dealkylation sites (N-methyl/N-ethyl adjacent to an activating group) is 1. The highest BCUT2D eigenvalue weighted by Gasteiger charge is 2.32. The Morgan fingerprint density at radius 1 is 1.33 bits per heavy atom. The lowest BCUT2D eigenvalue weighted by Crippen LogP contribution is -2.59. The van der Waals surface area contributed by atoms with Crippen LogP contribution in [0.3, 0.4) is 0 Å². The van der Waals surface area contributed by atoms with E-state index in [9.17, 15) is 9.59 Å². The normalized spacial score (nSPS) is 19.3. The van der Waals surface area contributed by atoms with Gasteiger partial charge in [-0.2, -0.15) is 0 Å². The summed E-state index contributed by atoms with van der Waals surface area (Å²) in [5.74, 6) is 0.113. The molecule has 0 aliphatic carbocycles. The van der Waals surface area contributed by atoms with Gasteiger partial charge < -0.3 is 20.3 Å². The van der Waals surface area contributed by atoms with Crippen LogP contribution in [0.1, 0.15) is 5.56 Å². The third-order valence-corrected chi connectivity index (χ3v) is 3.77. The second-order valence-corrected chi connectivity index (χ2v) is 5.26. The second kappa shape index (κ2) is 6.58. The van der Waals surface area contributed by atoms with E-state index in [0.717, 1.165) is 12.1 Å². The fraction of sp³-hybridized carbons (Fsp3) is 0.467. The van der Waals surface area contributed by atoms with Crippen molar-refractivity contribution in [3.05, 3.63) is 29.8 Å². The van der Waals surface area contributed by atoms with Gasteiger partial charge in [-0.3, -0.25) is 9.59 Å². The minimum Gasteiger partial charge on any atom is -0.496 e. The van der Waals surface area contributed by atoms with E-state index >= 15 is 0 Å². The van der Waals surface area contributed by atoms with Gasteiger partial charge in [-0.15, -0.1) is 0 Å². The van der Waals surface area contributed by atoms with Crippen LogP contribution in [0, 0.1) is 0 Å². The van der Waals surface area contributed by atoms with Crippen molar-refractivity contribution in [3.8, 4) is 5.75 Å². The van der Waals surface area contributed by atoms with Crippen molar-refractivity contribution in [2.45, 2.75) is 12.5 Å². The van der Waals surface area contributed by atoms with Gasteiger partial charge in [0.2, 0.25) is 11.8 Å². The maximum absolute atomic E-state index is 12.5. The number of rotatable bonds is 4. The molecule has 2 N–H and O–H groups in total. The Balaban J connectivity index is 2.13. The first-order valence-corrected chi connectivity index (χ1v) is 6.92. The molecule has 2 amide bonds. The lowest BCUT2D eigenvalue weighted by atomic mass is 10.1. The van der Waals surface area contributed by atoms with Crippen molar-refractivity contribution in [3.63, 3.8) is 0 Å². The molecule has 6 nitrogen and oxygen atoms in total. The van der Waals surface area contributed by atoms with Crippen LogP contribution in [0.5, 0.6) is 5.75 Å². The summed E-state index contributed by atoms with van der Waals surface area (Å²) in [5, 5.41) is 0. The Bertz CT molecular complexity index is 533. The lowest BCUT2D eigenvalue weighted by molar-refractivity contribution is -0.141. The Hall–Kier alpha value is -2.08. The van der Waals surface area contributed by atoms with Crippen molar-refractivity contribution < 1.29 is 14.3 Å². The van der Waals surface area contributed by atoms with E-state index in [1.807, 2.05) is 36.2 Å². The summed E-state index contributed by atoms with van der Waals surface area (Å²) in [6.07, 6.45) is 0.206. The van der Waals surface area contributed by atoms with E-state index < -0.39 is 11.9 Å². The number of carbonyl (C=O) groups excluding carboxylic acids is 2. The molecule has 0 aromatic heterocycles. The predicted octanol–water partition coefficient (Wildman–Crippen LogP) is -0.134. The average Bonchev–Trinajstić information content (AvgIpc) is 2.47. The highest BCUT2D eigenvalue weighted by molar-refractivity contribution is 5.88. The summed E-state index contributed by atoms with van der Waals surface area (Å²) < 4.78 is 5.25. The van der Waals surface area contributed by atoms with Gasteiger partial charge in [0.1, 0.15) is 11.8 Å². The molecule has 0 radical (unpaired) electrons. The topological polar surface area (TPSA) is 75.9 Å². The molecule has 1 aliphatic heterocycles. The van der Waals surface area contributed by atoms with Gasteiger partial charge in [0.25, 0.3) is 0 Å². The molecule has 1 saturated heterocycles. The van der Waals surface area contributed by atoms with E-state index in [1.54, 1.807) is 12.0 Å². The van der Waals surface area contributed by atoms with Gasteiger partial charge in [-0.1, -0.05) is 18.2 Å². The Morgan fingerprint density at radius 3 is 2.71 bits per heavy atom. The van der Waals surface area contributed by atoms with Gasteiger partial charge in [0.15, 0.2) is 0 Å². The minimum atomic E-state index is -0.564. The number of hydrogen-bond donors (Lipinski definition) is 1. The van der Waals surface area contributed by atoms with Crippen LogP contribution < -0.4 is 10.5 Å². The number of methoxy groups -OCH3 is 1. The summed E-state index contributed by atoms with van der Waals surface area (Å²) in [5.41, 5.74) is 6.24. The number of nitrogens with two attached hydrogens (primary N) is 1. The summed E-state index contributed by atoms with van der Waals surface area (Å²) in [6.45, 7) is 1.73. The number of ether oxygens (including phenoxy) is 1. The standard InChI is InChI=1S/C15H21N3O3/c1-17-7-8-18(12(10-17)15(16)20)14(19)9-11-5-3-4-6-13(11)21-2/h3-6,12H,7-10H2,1-2H3,(H2,16,20). The lowest BCUT2D eigenvalue weighted by Gasteiger charge is -2.38. The third-order valence-electron chi connectivity index (χ3n) is 3.77. The SMILES string of the molecule is COc1ccccc1CC(=O)N1CCN(C)CC1C(N)=O. The van der Waals surface area contributed by atoms with Crippen LogP contribution in [-0.4, -0.2) is 61.4 Å². The van der Waals surface area contributed by atoms with Crippen molar-refractivity contribution in [1.82, 2.24) is 9.80 Å².